The lowest BCUT2D eigenvalue weighted by atomic mass is 9.79. The van der Waals surface area contributed by atoms with Gasteiger partial charge in [0.1, 0.15) is 0 Å². The minimum absolute atomic E-state index is 0.303. The minimum atomic E-state index is -0.805. The lowest BCUT2D eigenvalue weighted by Gasteiger charge is -2.35. The van der Waals surface area contributed by atoms with Crippen molar-refractivity contribution in [2.75, 3.05) is 11.9 Å². The first-order valence-electron chi connectivity index (χ1n) is 7.26. The fourth-order valence-corrected chi connectivity index (χ4v) is 3.12. The van der Waals surface area contributed by atoms with Crippen LogP contribution in [0.5, 0.6) is 0 Å². The third-order valence-corrected chi connectivity index (χ3v) is 5.57. The molecule has 0 atom stereocenters. The maximum Gasteiger partial charge on any atom is 0.306 e. The number of anilines is 1. The molecule has 3 N–H and O–H groups in total. The molecule has 4 nitrogen and oxygen atoms in total. The summed E-state index contributed by atoms with van der Waals surface area (Å²) in [6, 6.07) is 4.09. The number of rotatable bonds is 4. The summed E-state index contributed by atoms with van der Waals surface area (Å²) >= 11 is 3.54. The Balaban J connectivity index is 1.95. The summed E-state index contributed by atoms with van der Waals surface area (Å²) in [5, 5.41) is 22.9. The van der Waals surface area contributed by atoms with E-state index in [9.17, 15) is 9.90 Å². The summed E-state index contributed by atoms with van der Waals surface area (Å²) in [5.74, 6) is -1.05. The van der Waals surface area contributed by atoms with Crippen molar-refractivity contribution in [2.24, 2.45) is 5.92 Å². The highest BCUT2D eigenvalue weighted by Gasteiger charge is 2.35. The van der Waals surface area contributed by atoms with Crippen LogP contribution in [0, 0.1) is 19.8 Å². The number of hydrogen-bond donors (Lipinski definition) is 3. The highest BCUT2D eigenvalue weighted by molar-refractivity contribution is 9.10. The molecule has 0 amide bonds. The van der Waals surface area contributed by atoms with Crippen LogP contribution >= 0.6 is 15.9 Å². The summed E-state index contributed by atoms with van der Waals surface area (Å²) in [6.07, 6.45) is 2.16. The Morgan fingerprint density at radius 2 is 1.86 bits per heavy atom. The van der Waals surface area contributed by atoms with E-state index in [1.54, 1.807) is 0 Å². The van der Waals surface area contributed by atoms with E-state index in [0.717, 1.165) is 21.3 Å². The SMILES string of the molecule is Cc1cc(NCC2(O)CCC(C(=O)O)CC2)cc(C)c1Br. The lowest BCUT2D eigenvalue weighted by molar-refractivity contribution is -0.144. The van der Waals surface area contributed by atoms with Gasteiger partial charge in [-0.25, -0.2) is 0 Å². The van der Waals surface area contributed by atoms with E-state index in [2.05, 4.69) is 21.2 Å². The Morgan fingerprint density at radius 1 is 1.33 bits per heavy atom. The number of halogens is 1. The number of hydrogen-bond acceptors (Lipinski definition) is 3. The number of aryl methyl sites for hydroxylation is 2. The molecule has 21 heavy (non-hydrogen) atoms. The monoisotopic (exact) mass is 355 g/mol. The van der Waals surface area contributed by atoms with Crippen molar-refractivity contribution >= 4 is 27.6 Å². The molecule has 0 unspecified atom stereocenters. The molecule has 1 saturated carbocycles. The number of aliphatic carboxylic acids is 1. The second kappa shape index (κ2) is 6.36. The van der Waals surface area contributed by atoms with Gasteiger partial charge in [-0.1, -0.05) is 15.9 Å². The average molecular weight is 356 g/mol. The standard InChI is InChI=1S/C16H22BrNO3/c1-10-7-13(8-11(2)14(10)17)18-9-16(21)5-3-12(4-6-16)15(19)20/h7-8,12,18,21H,3-6,9H2,1-2H3,(H,19,20). The van der Waals surface area contributed by atoms with E-state index in [4.69, 9.17) is 5.11 Å². The van der Waals surface area contributed by atoms with Gasteiger partial charge in [0.05, 0.1) is 11.5 Å². The zero-order valence-electron chi connectivity index (χ0n) is 12.4. The van der Waals surface area contributed by atoms with Gasteiger partial charge in [-0.05, 0) is 62.8 Å². The smallest absolute Gasteiger partial charge is 0.306 e. The van der Waals surface area contributed by atoms with Crippen LogP contribution in [0.15, 0.2) is 16.6 Å². The fraction of sp³-hybridized carbons (Fsp3) is 0.562. The van der Waals surface area contributed by atoms with Gasteiger partial charge in [-0.2, -0.15) is 0 Å². The molecule has 1 aromatic rings. The molecule has 1 fully saturated rings. The van der Waals surface area contributed by atoms with Crippen LogP contribution in [0.1, 0.15) is 36.8 Å². The Labute approximate surface area is 133 Å². The highest BCUT2D eigenvalue weighted by Crippen LogP contribution is 2.33. The highest BCUT2D eigenvalue weighted by atomic mass is 79.9. The van der Waals surface area contributed by atoms with E-state index < -0.39 is 11.6 Å². The summed E-state index contributed by atoms with van der Waals surface area (Å²) in [6.45, 7) is 4.53. The Morgan fingerprint density at radius 3 is 2.33 bits per heavy atom. The van der Waals surface area contributed by atoms with Gasteiger partial charge in [-0.3, -0.25) is 4.79 Å². The van der Waals surface area contributed by atoms with Gasteiger partial charge in [0.2, 0.25) is 0 Å². The van der Waals surface area contributed by atoms with Crippen molar-refractivity contribution < 1.29 is 15.0 Å². The number of carboxylic acid groups (broad SMARTS) is 1. The molecule has 0 spiro atoms. The molecule has 5 heteroatoms. The second-order valence-electron chi connectivity index (χ2n) is 6.11. The van der Waals surface area contributed by atoms with Crippen LogP contribution in [0.2, 0.25) is 0 Å². The summed E-state index contributed by atoms with van der Waals surface area (Å²) in [5.41, 5.74) is 2.49. The maximum absolute atomic E-state index is 10.9. The van der Waals surface area contributed by atoms with Crippen LogP contribution in [0.3, 0.4) is 0 Å². The van der Waals surface area contributed by atoms with Crippen LogP contribution in [0.25, 0.3) is 0 Å². The molecule has 1 aromatic carbocycles. The van der Waals surface area contributed by atoms with Gasteiger partial charge in [-0.15, -0.1) is 0 Å². The van der Waals surface area contributed by atoms with Crippen molar-refractivity contribution in [3.63, 3.8) is 0 Å². The number of aliphatic hydroxyl groups is 1. The summed E-state index contributed by atoms with van der Waals surface area (Å²) in [7, 11) is 0. The van der Waals surface area contributed by atoms with Crippen molar-refractivity contribution in [2.45, 2.75) is 45.1 Å². The topological polar surface area (TPSA) is 69.6 Å². The molecule has 0 radical (unpaired) electrons. The molecular formula is C16H22BrNO3. The summed E-state index contributed by atoms with van der Waals surface area (Å²) in [4.78, 5) is 10.9. The number of carbonyl (C=O) groups is 1. The van der Waals surface area contributed by atoms with Crippen molar-refractivity contribution in [3.8, 4) is 0 Å². The Bertz CT molecular complexity index is 513. The molecule has 0 bridgehead atoms. The zero-order chi connectivity index (χ0) is 15.6. The predicted octanol–water partition coefficient (Wildman–Crippen LogP) is 3.48. The third kappa shape index (κ3) is 3.98. The molecule has 1 aliphatic carbocycles. The number of carboxylic acids is 1. The molecule has 0 heterocycles. The van der Waals surface area contributed by atoms with E-state index in [1.807, 2.05) is 26.0 Å². The van der Waals surface area contributed by atoms with Gasteiger partial charge < -0.3 is 15.5 Å². The normalized spacial score (nSPS) is 25.6. The predicted molar refractivity (Wildman–Crippen MR) is 86.6 cm³/mol. The molecule has 2 rings (SSSR count). The van der Waals surface area contributed by atoms with Crippen molar-refractivity contribution in [1.82, 2.24) is 0 Å². The minimum Gasteiger partial charge on any atom is -0.481 e. The van der Waals surface area contributed by atoms with Gasteiger partial charge in [0.15, 0.2) is 0 Å². The van der Waals surface area contributed by atoms with Crippen molar-refractivity contribution in [3.05, 3.63) is 27.7 Å². The fourth-order valence-electron chi connectivity index (χ4n) is 2.89. The largest absolute Gasteiger partial charge is 0.481 e. The average Bonchev–Trinajstić information content (AvgIpc) is 2.43. The first-order valence-corrected chi connectivity index (χ1v) is 8.06. The van der Waals surface area contributed by atoms with E-state index in [0.29, 0.717) is 32.2 Å². The zero-order valence-corrected chi connectivity index (χ0v) is 14.0. The van der Waals surface area contributed by atoms with Gasteiger partial charge >= 0.3 is 5.97 Å². The molecule has 0 aromatic heterocycles. The lowest BCUT2D eigenvalue weighted by Crippen LogP contribution is -2.41. The van der Waals surface area contributed by atoms with Gasteiger partial charge in [0, 0.05) is 16.7 Å². The summed E-state index contributed by atoms with van der Waals surface area (Å²) < 4.78 is 1.11. The first-order chi connectivity index (χ1) is 9.81. The third-order valence-electron chi connectivity index (χ3n) is 4.32. The van der Waals surface area contributed by atoms with Crippen LogP contribution in [0.4, 0.5) is 5.69 Å². The Kier molecular flexibility index (Phi) is 4.94. The molecular weight excluding hydrogens is 334 g/mol. The molecule has 116 valence electrons. The van der Waals surface area contributed by atoms with E-state index >= 15 is 0 Å². The van der Waals surface area contributed by atoms with Crippen molar-refractivity contribution in [1.29, 1.82) is 0 Å². The van der Waals surface area contributed by atoms with Gasteiger partial charge in [0.25, 0.3) is 0 Å². The maximum atomic E-state index is 10.9. The van der Waals surface area contributed by atoms with E-state index in [-0.39, 0.29) is 5.92 Å². The van der Waals surface area contributed by atoms with Crippen LogP contribution < -0.4 is 5.32 Å². The second-order valence-corrected chi connectivity index (χ2v) is 6.91. The number of nitrogens with one attached hydrogen (secondary N) is 1. The number of benzene rings is 1. The van der Waals surface area contributed by atoms with E-state index in [1.165, 1.54) is 0 Å². The molecule has 0 aliphatic heterocycles. The van der Waals surface area contributed by atoms with Crippen LogP contribution in [-0.4, -0.2) is 28.3 Å². The molecule has 1 aliphatic rings. The quantitative estimate of drug-likeness (QED) is 0.773. The first kappa shape index (κ1) is 16.3. The Hall–Kier alpha value is -1.07. The molecule has 0 saturated heterocycles. The van der Waals surface area contributed by atoms with Crippen LogP contribution in [-0.2, 0) is 4.79 Å².